The van der Waals surface area contributed by atoms with Crippen molar-refractivity contribution in [3.63, 3.8) is 0 Å². The van der Waals surface area contributed by atoms with Crippen molar-refractivity contribution in [3.05, 3.63) is 24.3 Å². The number of allylic oxidation sites excluding steroid dienone is 4. The van der Waals surface area contributed by atoms with Gasteiger partial charge in [-0.05, 0) is 69.1 Å². The molecule has 0 spiro atoms. The quantitative estimate of drug-likeness (QED) is 0.0169. The Labute approximate surface area is 580 Å². The molecule has 0 aromatic rings. The van der Waals surface area contributed by atoms with Crippen LogP contribution in [0.2, 0.25) is 0 Å². The molecular weight excluding hydrogens is 1250 g/mol. The van der Waals surface area contributed by atoms with E-state index in [9.17, 15) is 43.2 Å². The van der Waals surface area contributed by atoms with Gasteiger partial charge in [0, 0.05) is 25.7 Å². The fraction of sp³-hybridized carbons (Fsp3) is 0.895. The van der Waals surface area contributed by atoms with E-state index in [0.29, 0.717) is 25.7 Å². The highest BCUT2D eigenvalue weighted by atomic mass is 31.2. The van der Waals surface area contributed by atoms with Crippen molar-refractivity contribution in [2.24, 2.45) is 17.8 Å². The van der Waals surface area contributed by atoms with Crippen LogP contribution < -0.4 is 0 Å². The lowest BCUT2D eigenvalue weighted by Gasteiger charge is -2.21. The molecule has 0 amide bonds. The van der Waals surface area contributed by atoms with E-state index in [1.165, 1.54) is 154 Å². The number of phosphoric ester groups is 2. The average Bonchev–Trinajstić information content (AvgIpc) is 2.12. The molecule has 0 rings (SSSR count). The van der Waals surface area contributed by atoms with Gasteiger partial charge in [0.05, 0.1) is 26.4 Å². The summed E-state index contributed by atoms with van der Waals surface area (Å²) >= 11 is 0. The molecule has 95 heavy (non-hydrogen) atoms. The zero-order valence-electron chi connectivity index (χ0n) is 61.6. The van der Waals surface area contributed by atoms with Crippen molar-refractivity contribution in [2.45, 2.75) is 381 Å². The van der Waals surface area contributed by atoms with Crippen molar-refractivity contribution in [2.75, 3.05) is 39.6 Å². The number of hydrogen-bond donors (Lipinski definition) is 3. The number of carbonyl (C=O) groups excluding carboxylic acids is 4. The summed E-state index contributed by atoms with van der Waals surface area (Å²) in [4.78, 5) is 72.8. The third-order valence-corrected chi connectivity index (χ3v) is 19.6. The first-order valence-electron chi connectivity index (χ1n) is 38.7. The predicted octanol–water partition coefficient (Wildman–Crippen LogP) is 21.7. The molecule has 3 N–H and O–H groups in total. The maximum absolute atomic E-state index is 13.1. The molecule has 0 aromatic heterocycles. The third-order valence-electron chi connectivity index (χ3n) is 17.7. The standard InChI is InChI=1S/C76H144O17P2/c1-8-11-12-13-14-15-16-17-18-21-25-31-36-45-52-59-75(80)93-72(64-87-74(79)58-51-44-39-38-42-49-56-69(7)10-3)66-91-95(84,85)89-62-70(77)61-88-94(82,83)90-65-71(92-76(81)60-53-46-37-32-27-26-29-34-41-48-55-68(6)9-2)63-86-73(78)57-50-43-35-30-24-22-19-20-23-28-33-40-47-54-67(4)5/h15-18,67-72,77H,8-14,19-66H2,1-7H3,(H,82,83)(H,84,85)/b16-15-,18-17-/t68?,69?,70-,71-,72-/m1/s1. The fourth-order valence-electron chi connectivity index (χ4n) is 11.0. The van der Waals surface area contributed by atoms with Crippen LogP contribution >= 0.6 is 15.6 Å². The zero-order chi connectivity index (χ0) is 70.1. The Morgan fingerprint density at radius 3 is 0.937 bits per heavy atom. The maximum atomic E-state index is 13.1. The van der Waals surface area contributed by atoms with Crippen LogP contribution in [0.15, 0.2) is 24.3 Å². The number of esters is 4. The van der Waals surface area contributed by atoms with Crippen LogP contribution in [0.3, 0.4) is 0 Å². The summed E-state index contributed by atoms with van der Waals surface area (Å²) in [5, 5.41) is 10.6. The van der Waals surface area contributed by atoms with Gasteiger partial charge in [0.2, 0.25) is 0 Å². The maximum Gasteiger partial charge on any atom is 0.472 e. The van der Waals surface area contributed by atoms with Crippen molar-refractivity contribution >= 4 is 39.5 Å². The van der Waals surface area contributed by atoms with Crippen molar-refractivity contribution in [1.29, 1.82) is 0 Å². The Balaban J connectivity index is 5.29. The van der Waals surface area contributed by atoms with Crippen LogP contribution in [0, 0.1) is 17.8 Å². The van der Waals surface area contributed by atoms with E-state index < -0.39 is 97.5 Å². The van der Waals surface area contributed by atoms with Gasteiger partial charge in [-0.15, -0.1) is 0 Å². The molecule has 7 atom stereocenters. The Hall–Kier alpha value is -2.46. The molecule has 0 fully saturated rings. The number of hydrogen-bond acceptors (Lipinski definition) is 15. The molecule has 0 aliphatic rings. The second kappa shape index (κ2) is 66.1. The molecule has 17 nitrogen and oxygen atoms in total. The van der Waals surface area contributed by atoms with Gasteiger partial charge in [0.15, 0.2) is 12.2 Å². The lowest BCUT2D eigenvalue weighted by atomic mass is 9.99. The van der Waals surface area contributed by atoms with Gasteiger partial charge in [-0.2, -0.15) is 0 Å². The van der Waals surface area contributed by atoms with Gasteiger partial charge in [-0.25, -0.2) is 9.13 Å². The largest absolute Gasteiger partial charge is 0.472 e. The van der Waals surface area contributed by atoms with Gasteiger partial charge in [0.1, 0.15) is 19.3 Å². The van der Waals surface area contributed by atoms with Gasteiger partial charge < -0.3 is 33.8 Å². The summed E-state index contributed by atoms with van der Waals surface area (Å²) < 4.78 is 68.5. The summed E-state index contributed by atoms with van der Waals surface area (Å²) in [7, 11) is -9.93. The number of rotatable bonds is 72. The number of unbranched alkanes of at least 4 members (excludes halogenated alkanes) is 35. The van der Waals surface area contributed by atoms with E-state index in [-0.39, 0.29) is 25.7 Å². The summed E-state index contributed by atoms with van der Waals surface area (Å²) in [6, 6.07) is 0. The number of carbonyl (C=O) groups is 4. The first kappa shape index (κ1) is 92.5. The Morgan fingerprint density at radius 2 is 0.621 bits per heavy atom. The first-order valence-corrected chi connectivity index (χ1v) is 41.7. The highest BCUT2D eigenvalue weighted by Gasteiger charge is 2.30. The van der Waals surface area contributed by atoms with Crippen molar-refractivity contribution in [1.82, 2.24) is 0 Å². The lowest BCUT2D eigenvalue weighted by Crippen LogP contribution is -2.30. The molecule has 0 saturated carbocycles. The molecule has 0 aliphatic heterocycles. The number of aliphatic hydroxyl groups excluding tert-OH is 1. The van der Waals surface area contributed by atoms with Crippen LogP contribution in [-0.4, -0.2) is 96.7 Å². The summed E-state index contributed by atoms with van der Waals surface area (Å²) in [5.41, 5.74) is 0. The van der Waals surface area contributed by atoms with Crippen LogP contribution in [-0.2, 0) is 65.4 Å². The van der Waals surface area contributed by atoms with E-state index in [1.54, 1.807) is 0 Å². The summed E-state index contributed by atoms with van der Waals surface area (Å²) in [6.07, 6.45) is 54.8. The Bertz CT molecular complexity index is 1950. The zero-order valence-corrected chi connectivity index (χ0v) is 63.4. The Morgan fingerprint density at radius 1 is 0.347 bits per heavy atom. The molecule has 19 heteroatoms. The monoisotopic (exact) mass is 1390 g/mol. The van der Waals surface area contributed by atoms with Crippen LogP contribution in [0.1, 0.15) is 363 Å². The topological polar surface area (TPSA) is 237 Å². The fourth-order valence-corrected chi connectivity index (χ4v) is 12.6. The van der Waals surface area contributed by atoms with Gasteiger partial charge in [-0.1, -0.05) is 310 Å². The van der Waals surface area contributed by atoms with Crippen LogP contribution in [0.25, 0.3) is 0 Å². The average molecular weight is 1390 g/mol. The molecule has 0 bridgehead atoms. The van der Waals surface area contributed by atoms with E-state index in [4.69, 9.17) is 37.0 Å². The first-order chi connectivity index (χ1) is 45.8. The SMILES string of the molecule is CCCCCC/C=C\C=C/CCCCCCCC(=O)O[C@H](COC(=O)CCCCCCCCC(C)CC)COP(=O)(O)OC[C@H](O)COP(=O)(O)OC[C@@H](COC(=O)CCCCCCCCCCCCCCCC(C)C)OC(=O)CCCCCCCCCCCCC(C)CC. The van der Waals surface area contributed by atoms with Crippen molar-refractivity contribution < 1.29 is 80.2 Å². The lowest BCUT2D eigenvalue weighted by molar-refractivity contribution is -0.161. The summed E-state index contributed by atoms with van der Waals surface area (Å²) in [5.74, 6) is 0.169. The van der Waals surface area contributed by atoms with Gasteiger partial charge >= 0.3 is 39.5 Å². The van der Waals surface area contributed by atoms with E-state index in [1.807, 2.05) is 0 Å². The molecule has 0 aromatic carbocycles. The minimum Gasteiger partial charge on any atom is -0.462 e. The van der Waals surface area contributed by atoms with E-state index in [2.05, 4.69) is 72.8 Å². The molecule has 4 unspecified atom stereocenters. The molecule has 0 aliphatic carbocycles. The van der Waals surface area contributed by atoms with E-state index in [0.717, 1.165) is 127 Å². The second-order valence-corrected chi connectivity index (χ2v) is 30.6. The molecule has 0 radical (unpaired) electrons. The van der Waals surface area contributed by atoms with Crippen LogP contribution in [0.4, 0.5) is 0 Å². The summed E-state index contributed by atoms with van der Waals surface area (Å²) in [6.45, 7) is 11.8. The van der Waals surface area contributed by atoms with Gasteiger partial charge in [0.25, 0.3) is 0 Å². The number of ether oxygens (including phenoxy) is 4. The van der Waals surface area contributed by atoms with Crippen molar-refractivity contribution in [3.8, 4) is 0 Å². The van der Waals surface area contributed by atoms with Crippen LogP contribution in [0.5, 0.6) is 0 Å². The highest BCUT2D eigenvalue weighted by Crippen LogP contribution is 2.45. The van der Waals surface area contributed by atoms with Gasteiger partial charge in [-0.3, -0.25) is 37.3 Å². The molecule has 0 saturated heterocycles. The number of phosphoric acid groups is 2. The molecular formula is C76H144O17P2. The third kappa shape index (κ3) is 67.2. The Kier molecular flexibility index (Phi) is 64.4. The van der Waals surface area contributed by atoms with E-state index >= 15 is 0 Å². The second-order valence-electron chi connectivity index (χ2n) is 27.7. The minimum atomic E-state index is -4.96. The minimum absolute atomic E-state index is 0.0838. The highest BCUT2D eigenvalue weighted by molar-refractivity contribution is 7.47. The predicted molar refractivity (Wildman–Crippen MR) is 386 cm³/mol. The smallest absolute Gasteiger partial charge is 0.462 e. The number of aliphatic hydroxyl groups is 1. The molecule has 0 heterocycles. The normalized spacial score (nSPS) is 14.8. The molecule has 560 valence electrons.